The lowest BCUT2D eigenvalue weighted by molar-refractivity contribution is -0.114. The third kappa shape index (κ3) is 5.46. The third-order valence-electron chi connectivity index (χ3n) is 2.11. The Morgan fingerprint density at radius 3 is 2.58 bits per heavy atom. The molecule has 1 aromatic carbocycles. The molecule has 0 aliphatic rings. The van der Waals surface area contributed by atoms with E-state index in [1.165, 1.54) is 12.4 Å². The highest BCUT2D eigenvalue weighted by molar-refractivity contribution is 6.01. The van der Waals surface area contributed by atoms with Gasteiger partial charge in [-0.3, -0.25) is 4.79 Å². The average Bonchev–Trinajstić information content (AvgIpc) is 2.42. The van der Waals surface area contributed by atoms with E-state index in [9.17, 15) is 4.79 Å². The molecular formula is C15H15N3O. The minimum absolute atomic E-state index is 0.00489. The maximum absolute atomic E-state index is 11.6. The molecule has 0 saturated carbocycles. The van der Waals surface area contributed by atoms with Crippen LogP contribution in [0.3, 0.4) is 0 Å². The molecule has 0 heterocycles. The van der Waals surface area contributed by atoms with Gasteiger partial charge in [-0.1, -0.05) is 42.5 Å². The largest absolute Gasteiger partial charge is 0.369 e. The number of hydrogen-bond acceptors (Lipinski definition) is 2. The van der Waals surface area contributed by atoms with Crippen molar-refractivity contribution < 1.29 is 4.79 Å². The minimum Gasteiger partial charge on any atom is -0.369 e. The van der Waals surface area contributed by atoms with Gasteiger partial charge in [0, 0.05) is 14.1 Å². The number of carbonyl (C=O) groups is 1. The van der Waals surface area contributed by atoms with Gasteiger partial charge in [0.15, 0.2) is 0 Å². The van der Waals surface area contributed by atoms with Crippen LogP contribution in [0.4, 0.5) is 0 Å². The van der Waals surface area contributed by atoms with E-state index in [1.807, 2.05) is 42.5 Å². The normalized spacial score (nSPS) is 11.7. The van der Waals surface area contributed by atoms with Gasteiger partial charge in [-0.25, -0.2) is 0 Å². The lowest BCUT2D eigenvalue weighted by atomic mass is 10.2. The number of nitrogens with zero attached hydrogens (tertiary/aromatic N) is 3. The molecule has 0 saturated heterocycles. The summed E-state index contributed by atoms with van der Waals surface area (Å²) in [7, 11) is 3.50. The van der Waals surface area contributed by atoms with Crippen molar-refractivity contribution in [1.29, 1.82) is 5.26 Å². The molecule has 0 spiro atoms. The Labute approximate surface area is 113 Å². The van der Waals surface area contributed by atoms with E-state index in [1.54, 1.807) is 25.1 Å². The molecule has 4 nitrogen and oxygen atoms in total. The Bertz CT molecular complexity index is 549. The quantitative estimate of drug-likeness (QED) is 0.272. The molecule has 1 aromatic rings. The summed E-state index contributed by atoms with van der Waals surface area (Å²) in [5.74, 6) is -0.547. The molecule has 0 aromatic heterocycles. The standard InChI is InChI=1S/C15H15N3O/c1-18(2)12-17-15(19)14(11-16)10-6-9-13-7-4-3-5-8-13/h3-10,12H,1-2H3/b9-6+,14-10+,17-12?. The second-order valence-electron chi connectivity index (χ2n) is 3.98. The lowest BCUT2D eigenvalue weighted by Crippen LogP contribution is -2.10. The predicted molar refractivity (Wildman–Crippen MR) is 76.4 cm³/mol. The summed E-state index contributed by atoms with van der Waals surface area (Å²) in [5.41, 5.74) is 1.01. The predicted octanol–water partition coefficient (Wildman–Crippen LogP) is 2.27. The first kappa shape index (κ1) is 14.4. The molecular weight excluding hydrogens is 238 g/mol. The number of nitriles is 1. The van der Waals surface area contributed by atoms with Crippen LogP contribution in [0.5, 0.6) is 0 Å². The molecule has 4 heteroatoms. The second kappa shape index (κ2) is 7.62. The molecule has 0 unspecified atom stereocenters. The van der Waals surface area contributed by atoms with Crippen LogP contribution in [0.15, 0.2) is 53.0 Å². The number of hydrogen-bond donors (Lipinski definition) is 0. The van der Waals surface area contributed by atoms with E-state index in [0.717, 1.165) is 5.56 Å². The van der Waals surface area contributed by atoms with Crippen molar-refractivity contribution in [1.82, 2.24) is 4.90 Å². The maximum Gasteiger partial charge on any atom is 0.289 e. The first-order valence-electron chi connectivity index (χ1n) is 5.72. The fraction of sp³-hybridized carbons (Fsp3) is 0.133. The average molecular weight is 253 g/mol. The van der Waals surface area contributed by atoms with Crippen LogP contribution >= 0.6 is 0 Å². The lowest BCUT2D eigenvalue weighted by Gasteiger charge is -2.00. The van der Waals surface area contributed by atoms with Crippen LogP contribution in [0.1, 0.15) is 5.56 Å². The number of benzene rings is 1. The fourth-order valence-corrected chi connectivity index (χ4v) is 1.21. The fourth-order valence-electron chi connectivity index (χ4n) is 1.21. The first-order valence-corrected chi connectivity index (χ1v) is 5.72. The summed E-state index contributed by atoms with van der Waals surface area (Å²) in [4.78, 5) is 16.9. The first-order chi connectivity index (χ1) is 9.13. The van der Waals surface area contributed by atoms with E-state index in [-0.39, 0.29) is 5.57 Å². The molecule has 0 aliphatic heterocycles. The van der Waals surface area contributed by atoms with Crippen LogP contribution in [-0.2, 0) is 4.79 Å². The number of amides is 1. The van der Waals surface area contributed by atoms with Crippen molar-refractivity contribution in [3.63, 3.8) is 0 Å². The summed E-state index contributed by atoms with van der Waals surface area (Å²) < 4.78 is 0. The van der Waals surface area contributed by atoms with Gasteiger partial charge < -0.3 is 4.90 Å². The SMILES string of the molecule is CN(C)C=NC(=O)/C(C#N)=C/C=C/c1ccccc1. The van der Waals surface area contributed by atoms with Gasteiger partial charge in [-0.15, -0.1) is 0 Å². The topological polar surface area (TPSA) is 56.5 Å². The minimum atomic E-state index is -0.547. The Hall–Kier alpha value is -2.67. The van der Waals surface area contributed by atoms with E-state index in [0.29, 0.717) is 0 Å². The van der Waals surface area contributed by atoms with E-state index >= 15 is 0 Å². The molecule has 96 valence electrons. The Morgan fingerprint density at radius 2 is 2.00 bits per heavy atom. The highest BCUT2D eigenvalue weighted by Gasteiger charge is 2.04. The van der Waals surface area contributed by atoms with E-state index in [4.69, 9.17) is 5.26 Å². The molecule has 0 bridgehead atoms. The Morgan fingerprint density at radius 1 is 1.32 bits per heavy atom. The van der Waals surface area contributed by atoms with E-state index < -0.39 is 5.91 Å². The van der Waals surface area contributed by atoms with Gasteiger partial charge in [-0.2, -0.15) is 10.3 Å². The zero-order valence-corrected chi connectivity index (χ0v) is 10.9. The van der Waals surface area contributed by atoms with Crippen LogP contribution < -0.4 is 0 Å². The van der Waals surface area contributed by atoms with Crippen molar-refractivity contribution in [3.8, 4) is 6.07 Å². The third-order valence-corrected chi connectivity index (χ3v) is 2.11. The summed E-state index contributed by atoms with van der Waals surface area (Å²) in [6.07, 6.45) is 6.31. The van der Waals surface area contributed by atoms with Gasteiger partial charge in [0.05, 0.1) is 6.34 Å². The zero-order chi connectivity index (χ0) is 14.1. The molecule has 0 atom stereocenters. The summed E-state index contributed by atoms with van der Waals surface area (Å²) in [6.45, 7) is 0. The number of rotatable bonds is 4. The van der Waals surface area contributed by atoms with Gasteiger partial charge in [0.1, 0.15) is 11.6 Å². The van der Waals surface area contributed by atoms with Crippen molar-refractivity contribution in [2.45, 2.75) is 0 Å². The summed E-state index contributed by atoms with van der Waals surface area (Å²) in [5, 5.41) is 8.90. The van der Waals surface area contributed by atoms with Gasteiger partial charge in [0.2, 0.25) is 0 Å². The zero-order valence-electron chi connectivity index (χ0n) is 10.9. The second-order valence-corrected chi connectivity index (χ2v) is 3.98. The van der Waals surface area contributed by atoms with Crippen molar-refractivity contribution in [2.75, 3.05) is 14.1 Å². The number of carbonyl (C=O) groups excluding carboxylic acids is 1. The van der Waals surface area contributed by atoms with E-state index in [2.05, 4.69) is 4.99 Å². The van der Waals surface area contributed by atoms with Crippen LogP contribution in [0, 0.1) is 11.3 Å². The smallest absolute Gasteiger partial charge is 0.289 e. The summed E-state index contributed by atoms with van der Waals surface area (Å²) >= 11 is 0. The maximum atomic E-state index is 11.6. The van der Waals surface area contributed by atoms with Gasteiger partial charge >= 0.3 is 0 Å². The number of allylic oxidation sites excluding steroid dienone is 2. The summed E-state index contributed by atoms with van der Waals surface area (Å²) in [6, 6.07) is 11.5. The van der Waals surface area contributed by atoms with Crippen molar-refractivity contribution in [2.24, 2.45) is 4.99 Å². The Balaban J connectivity index is 2.76. The molecule has 1 amide bonds. The van der Waals surface area contributed by atoms with Crippen LogP contribution in [-0.4, -0.2) is 31.2 Å². The molecule has 0 aliphatic carbocycles. The Kier molecular flexibility index (Phi) is 5.77. The van der Waals surface area contributed by atoms with Gasteiger partial charge in [-0.05, 0) is 11.6 Å². The van der Waals surface area contributed by atoms with Crippen LogP contribution in [0.25, 0.3) is 6.08 Å². The van der Waals surface area contributed by atoms with Crippen molar-refractivity contribution in [3.05, 3.63) is 53.6 Å². The van der Waals surface area contributed by atoms with Gasteiger partial charge in [0.25, 0.3) is 5.91 Å². The highest BCUT2D eigenvalue weighted by atomic mass is 16.1. The monoisotopic (exact) mass is 253 g/mol. The molecule has 0 N–H and O–H groups in total. The molecule has 1 rings (SSSR count). The van der Waals surface area contributed by atoms with Crippen molar-refractivity contribution >= 4 is 18.3 Å². The highest BCUT2D eigenvalue weighted by Crippen LogP contribution is 2.03. The molecule has 0 fully saturated rings. The molecule has 19 heavy (non-hydrogen) atoms. The molecule has 0 radical (unpaired) electrons. The van der Waals surface area contributed by atoms with Crippen LogP contribution in [0.2, 0.25) is 0 Å². The number of aliphatic imine (C=N–C) groups is 1.